The Morgan fingerprint density at radius 1 is 1.29 bits per heavy atom. The van der Waals surface area contributed by atoms with Gasteiger partial charge < -0.3 is 15.5 Å². The number of amides is 1. The molecule has 1 aromatic carbocycles. The maximum atomic E-state index is 12.9. The van der Waals surface area contributed by atoms with Gasteiger partial charge in [-0.2, -0.15) is 0 Å². The van der Waals surface area contributed by atoms with Crippen molar-refractivity contribution in [1.82, 2.24) is 19.8 Å². The van der Waals surface area contributed by atoms with E-state index in [9.17, 15) is 9.18 Å². The maximum absolute atomic E-state index is 12.9. The number of nitrogens with two attached hydrogens (primary N) is 1. The molecule has 146 valence electrons. The van der Waals surface area contributed by atoms with Gasteiger partial charge in [-0.1, -0.05) is 11.8 Å². The molecule has 0 spiro atoms. The number of rotatable bonds is 6. The second-order valence-corrected chi connectivity index (χ2v) is 8.18. The van der Waals surface area contributed by atoms with E-state index >= 15 is 0 Å². The minimum Gasteiger partial charge on any atom is -0.486 e. The molecule has 0 fully saturated rings. The van der Waals surface area contributed by atoms with Crippen LogP contribution in [-0.4, -0.2) is 38.0 Å². The summed E-state index contributed by atoms with van der Waals surface area (Å²) in [6.45, 7) is 1.49. The van der Waals surface area contributed by atoms with Crippen molar-refractivity contribution in [2.45, 2.75) is 24.7 Å². The first-order valence-corrected chi connectivity index (χ1v) is 10.5. The number of nitrogens with zero attached hydrogens (tertiary/aromatic N) is 4. The maximum Gasteiger partial charge on any atom is 0.233 e. The Hall–Kier alpha value is -2.59. The first kappa shape index (κ1) is 18.8. The summed E-state index contributed by atoms with van der Waals surface area (Å²) in [4.78, 5) is 15.7. The van der Waals surface area contributed by atoms with Crippen molar-refractivity contribution in [3.8, 4) is 5.75 Å². The van der Waals surface area contributed by atoms with Gasteiger partial charge in [0.1, 0.15) is 18.2 Å². The van der Waals surface area contributed by atoms with Crippen LogP contribution in [0.15, 0.2) is 40.9 Å². The summed E-state index contributed by atoms with van der Waals surface area (Å²) in [6.07, 6.45) is 0.904. The lowest BCUT2D eigenvalue weighted by atomic mass is 10.1. The summed E-state index contributed by atoms with van der Waals surface area (Å²) in [5, 5.41) is 10.5. The van der Waals surface area contributed by atoms with Crippen molar-refractivity contribution >= 4 is 29.0 Å². The van der Waals surface area contributed by atoms with Gasteiger partial charge in [0.25, 0.3) is 0 Å². The molecule has 0 saturated heterocycles. The first-order valence-electron chi connectivity index (χ1n) is 8.63. The van der Waals surface area contributed by atoms with Crippen molar-refractivity contribution in [2.75, 3.05) is 18.1 Å². The fourth-order valence-corrected chi connectivity index (χ4v) is 4.53. The predicted octanol–water partition coefficient (Wildman–Crippen LogP) is 2.45. The largest absolute Gasteiger partial charge is 0.486 e. The van der Waals surface area contributed by atoms with Gasteiger partial charge in [-0.05, 0) is 47.7 Å². The van der Waals surface area contributed by atoms with Crippen LogP contribution in [0.4, 0.5) is 4.39 Å². The monoisotopic (exact) mass is 419 g/mol. The molecular formula is C18H18FN5O2S2. The number of ether oxygens (including phenoxy) is 1. The van der Waals surface area contributed by atoms with Gasteiger partial charge >= 0.3 is 0 Å². The lowest BCUT2D eigenvalue weighted by Crippen LogP contribution is -2.36. The van der Waals surface area contributed by atoms with Crippen molar-refractivity contribution in [3.63, 3.8) is 0 Å². The van der Waals surface area contributed by atoms with Gasteiger partial charge in [-0.15, -0.1) is 21.5 Å². The molecular weight excluding hydrogens is 401 g/mol. The zero-order valence-corrected chi connectivity index (χ0v) is 16.5. The number of benzene rings is 1. The molecule has 1 amide bonds. The Morgan fingerprint density at radius 2 is 2.11 bits per heavy atom. The fourth-order valence-electron chi connectivity index (χ4n) is 2.86. The summed E-state index contributed by atoms with van der Waals surface area (Å²) in [6, 6.07) is 7.76. The number of carbonyl (C=O) groups excluding carboxylic acids is 1. The van der Waals surface area contributed by atoms with E-state index in [4.69, 9.17) is 10.6 Å². The SMILES string of the molecule is Nn1c(COc2ccc(F)cc2)nnc1SCC(=O)N1CCc2sccc2C1. The summed E-state index contributed by atoms with van der Waals surface area (Å²) in [5.74, 6) is 6.90. The molecule has 2 aromatic heterocycles. The van der Waals surface area contributed by atoms with E-state index in [-0.39, 0.29) is 24.1 Å². The standard InChI is InChI=1S/C18H18FN5O2S2/c19-13-1-3-14(4-2-13)26-10-16-21-22-18(24(16)20)28-11-17(25)23-7-5-15-12(9-23)6-8-27-15/h1-4,6,8H,5,7,9-11,20H2. The highest BCUT2D eigenvalue weighted by molar-refractivity contribution is 7.99. The highest BCUT2D eigenvalue weighted by Crippen LogP contribution is 2.25. The van der Waals surface area contributed by atoms with Crippen LogP contribution >= 0.6 is 23.1 Å². The Bertz CT molecular complexity index is 973. The molecule has 0 saturated carbocycles. The third-order valence-corrected chi connectivity index (χ3v) is 6.35. The minimum atomic E-state index is -0.332. The zero-order chi connectivity index (χ0) is 19.5. The van der Waals surface area contributed by atoms with E-state index in [2.05, 4.69) is 21.6 Å². The van der Waals surface area contributed by atoms with Gasteiger partial charge in [-0.3, -0.25) is 4.79 Å². The highest BCUT2D eigenvalue weighted by atomic mass is 32.2. The number of aromatic nitrogens is 3. The summed E-state index contributed by atoms with van der Waals surface area (Å²) >= 11 is 2.99. The third kappa shape index (κ3) is 4.12. The van der Waals surface area contributed by atoms with Crippen molar-refractivity contribution in [2.24, 2.45) is 0 Å². The van der Waals surface area contributed by atoms with Gasteiger partial charge in [0.2, 0.25) is 11.1 Å². The van der Waals surface area contributed by atoms with E-state index in [1.54, 1.807) is 11.3 Å². The first-order chi connectivity index (χ1) is 13.6. The molecule has 0 radical (unpaired) electrons. The molecule has 4 rings (SSSR count). The molecule has 1 aliphatic rings. The number of hydrogen-bond donors (Lipinski definition) is 1. The number of fused-ring (bicyclic) bond motifs is 1. The third-order valence-electron chi connectivity index (χ3n) is 4.40. The Kier molecular flexibility index (Phi) is 5.49. The van der Waals surface area contributed by atoms with Crippen LogP contribution in [0.3, 0.4) is 0 Å². The second-order valence-electron chi connectivity index (χ2n) is 6.23. The summed E-state index contributed by atoms with van der Waals surface area (Å²) < 4.78 is 19.8. The molecule has 10 heteroatoms. The van der Waals surface area contributed by atoms with E-state index in [1.807, 2.05) is 4.90 Å². The average molecular weight is 420 g/mol. The number of nitrogen functional groups attached to an aromatic ring is 1. The summed E-state index contributed by atoms with van der Waals surface area (Å²) in [5.41, 5.74) is 1.23. The van der Waals surface area contributed by atoms with E-state index in [0.29, 0.717) is 23.3 Å². The van der Waals surface area contributed by atoms with Crippen LogP contribution in [-0.2, 0) is 24.4 Å². The van der Waals surface area contributed by atoms with Crippen molar-refractivity contribution in [1.29, 1.82) is 0 Å². The Morgan fingerprint density at radius 3 is 2.93 bits per heavy atom. The normalized spacial score (nSPS) is 13.4. The van der Waals surface area contributed by atoms with Crippen LogP contribution in [0.1, 0.15) is 16.3 Å². The van der Waals surface area contributed by atoms with Crippen LogP contribution < -0.4 is 10.6 Å². The van der Waals surface area contributed by atoms with E-state index < -0.39 is 0 Å². The average Bonchev–Trinajstić information content (AvgIpc) is 3.31. The smallest absolute Gasteiger partial charge is 0.233 e. The van der Waals surface area contributed by atoms with Gasteiger partial charge in [0.15, 0.2) is 5.82 Å². The van der Waals surface area contributed by atoms with Gasteiger partial charge in [0, 0.05) is 18.0 Å². The number of thioether (sulfide) groups is 1. The van der Waals surface area contributed by atoms with E-state index in [1.165, 1.54) is 51.1 Å². The van der Waals surface area contributed by atoms with Gasteiger partial charge in [-0.25, -0.2) is 9.07 Å². The number of carbonyl (C=O) groups is 1. The number of thiophene rings is 1. The quantitative estimate of drug-likeness (QED) is 0.488. The van der Waals surface area contributed by atoms with Crippen LogP contribution in [0, 0.1) is 5.82 Å². The minimum absolute atomic E-state index is 0.0500. The van der Waals surface area contributed by atoms with Crippen molar-refractivity contribution in [3.05, 3.63) is 57.8 Å². The zero-order valence-electron chi connectivity index (χ0n) is 14.9. The van der Waals surface area contributed by atoms with Crippen molar-refractivity contribution < 1.29 is 13.9 Å². The molecule has 0 bridgehead atoms. The Labute approximate surface area is 169 Å². The molecule has 0 atom stereocenters. The number of hydrogen-bond acceptors (Lipinski definition) is 7. The topological polar surface area (TPSA) is 86.3 Å². The van der Waals surface area contributed by atoms with E-state index in [0.717, 1.165) is 13.0 Å². The lowest BCUT2D eigenvalue weighted by Gasteiger charge is -2.26. The molecule has 3 heterocycles. The van der Waals surface area contributed by atoms with Crippen LogP contribution in [0.25, 0.3) is 0 Å². The lowest BCUT2D eigenvalue weighted by molar-refractivity contribution is -0.129. The molecule has 0 unspecified atom stereocenters. The fraction of sp³-hybridized carbons (Fsp3) is 0.278. The molecule has 28 heavy (non-hydrogen) atoms. The predicted molar refractivity (Wildman–Crippen MR) is 105 cm³/mol. The number of halogens is 1. The molecule has 0 aliphatic carbocycles. The second kappa shape index (κ2) is 8.19. The molecule has 2 N–H and O–H groups in total. The van der Waals surface area contributed by atoms with Crippen LogP contribution in [0.5, 0.6) is 5.75 Å². The molecule has 1 aliphatic heterocycles. The molecule has 3 aromatic rings. The van der Waals surface area contributed by atoms with Crippen LogP contribution in [0.2, 0.25) is 0 Å². The molecule has 7 nitrogen and oxygen atoms in total. The summed E-state index contributed by atoms with van der Waals surface area (Å²) in [7, 11) is 0. The Balaban J connectivity index is 1.30. The van der Waals surface area contributed by atoms with Gasteiger partial charge in [0.05, 0.1) is 5.75 Å². The highest BCUT2D eigenvalue weighted by Gasteiger charge is 2.22.